The van der Waals surface area contributed by atoms with Gasteiger partial charge < -0.3 is 10.0 Å². The minimum absolute atomic E-state index is 0.0267. The van der Waals surface area contributed by atoms with Crippen molar-refractivity contribution in [3.05, 3.63) is 65.0 Å². The Bertz CT molecular complexity index is 1230. The van der Waals surface area contributed by atoms with Gasteiger partial charge in [0.2, 0.25) is 5.91 Å². The summed E-state index contributed by atoms with van der Waals surface area (Å²) in [6, 6.07) is 9.46. The predicted octanol–water partition coefficient (Wildman–Crippen LogP) is 3.72. The number of halogens is 4. The van der Waals surface area contributed by atoms with E-state index >= 15 is 0 Å². The highest BCUT2D eigenvalue weighted by Gasteiger charge is 2.60. The van der Waals surface area contributed by atoms with E-state index in [0.29, 0.717) is 5.56 Å². The number of hydrogen-bond acceptors (Lipinski definition) is 4. The molecule has 11 heteroatoms. The summed E-state index contributed by atoms with van der Waals surface area (Å²) < 4.78 is 53.4. The van der Waals surface area contributed by atoms with Crippen molar-refractivity contribution in [2.45, 2.75) is 37.5 Å². The van der Waals surface area contributed by atoms with Crippen LogP contribution in [0.4, 0.5) is 23.2 Å². The van der Waals surface area contributed by atoms with Gasteiger partial charge in [-0.1, -0.05) is 12.1 Å². The quantitative estimate of drug-likeness (QED) is 0.646. The number of alkyl halides is 3. The van der Waals surface area contributed by atoms with Crippen molar-refractivity contribution in [3.8, 4) is 6.07 Å². The second kappa shape index (κ2) is 8.69. The van der Waals surface area contributed by atoms with Gasteiger partial charge in [0.1, 0.15) is 17.9 Å². The number of aliphatic carboxylic acids is 1. The van der Waals surface area contributed by atoms with Gasteiger partial charge in [0.15, 0.2) is 0 Å². The van der Waals surface area contributed by atoms with Crippen LogP contribution in [0.2, 0.25) is 0 Å². The summed E-state index contributed by atoms with van der Waals surface area (Å²) in [4.78, 5) is 40.2. The Morgan fingerprint density at radius 1 is 1.14 bits per heavy atom. The zero-order chi connectivity index (χ0) is 25.5. The first-order valence-electron chi connectivity index (χ1n) is 10.6. The molecule has 35 heavy (non-hydrogen) atoms. The molecule has 1 saturated heterocycles. The predicted molar refractivity (Wildman–Crippen MR) is 113 cm³/mol. The number of carboxylic acid groups (broad SMARTS) is 1. The third kappa shape index (κ3) is 4.43. The number of rotatable bonds is 5. The van der Waals surface area contributed by atoms with Crippen LogP contribution in [0.5, 0.6) is 0 Å². The normalized spacial score (nSPS) is 22.2. The molecule has 2 amide bonds. The molecule has 182 valence electrons. The number of carbonyl (C=O) groups excluding carboxylic acids is 2. The van der Waals surface area contributed by atoms with Crippen LogP contribution >= 0.6 is 0 Å². The summed E-state index contributed by atoms with van der Waals surface area (Å²) in [5.74, 6) is -3.48. The van der Waals surface area contributed by atoms with E-state index < -0.39 is 53.3 Å². The van der Waals surface area contributed by atoms with Crippen LogP contribution in [0.3, 0.4) is 0 Å². The first-order valence-corrected chi connectivity index (χ1v) is 10.6. The summed E-state index contributed by atoms with van der Waals surface area (Å²) in [6.45, 7) is -0.667. The van der Waals surface area contributed by atoms with E-state index in [0.717, 1.165) is 23.1 Å². The molecule has 2 aromatic rings. The molecule has 2 aliphatic rings. The van der Waals surface area contributed by atoms with Gasteiger partial charge >= 0.3 is 12.1 Å². The highest BCUT2D eigenvalue weighted by atomic mass is 19.4. The third-order valence-corrected chi connectivity index (χ3v) is 6.46. The molecule has 1 saturated carbocycles. The van der Waals surface area contributed by atoms with Gasteiger partial charge in [-0.3, -0.25) is 19.3 Å². The van der Waals surface area contributed by atoms with Crippen molar-refractivity contribution in [2.24, 2.45) is 5.92 Å². The Kier molecular flexibility index (Phi) is 6.00. The van der Waals surface area contributed by atoms with Gasteiger partial charge in [-0.2, -0.15) is 18.4 Å². The lowest BCUT2D eigenvalue weighted by Crippen LogP contribution is -2.72. The van der Waals surface area contributed by atoms with Crippen LogP contribution in [0.1, 0.15) is 36.0 Å². The molecule has 1 aliphatic carbocycles. The molecule has 0 bridgehead atoms. The Labute approximate surface area is 197 Å². The van der Waals surface area contributed by atoms with Crippen molar-refractivity contribution < 1.29 is 37.1 Å². The Balaban J connectivity index is 1.66. The standard InChI is InChI=1S/C24H19F4N3O4/c25-18-7-15(11-29)3-6-19(18)30-13-20(32)31(12-14-1-4-17(5-2-14)24(26,27)28)23(22(30)35)9-16(10-23)8-21(33)34/h1-7,16H,8-10,12-13H2,(H,33,34). The van der Waals surface area contributed by atoms with Gasteiger partial charge in [0.25, 0.3) is 5.91 Å². The second-order valence-electron chi connectivity index (χ2n) is 8.75. The minimum Gasteiger partial charge on any atom is -0.481 e. The average molecular weight is 489 g/mol. The van der Waals surface area contributed by atoms with E-state index in [4.69, 9.17) is 10.4 Å². The van der Waals surface area contributed by atoms with E-state index in [-0.39, 0.29) is 37.1 Å². The minimum atomic E-state index is -4.53. The van der Waals surface area contributed by atoms with Gasteiger partial charge in [-0.05, 0) is 54.7 Å². The number of piperazine rings is 1. The summed E-state index contributed by atoms with van der Waals surface area (Å²) in [7, 11) is 0. The zero-order valence-corrected chi connectivity index (χ0v) is 18.2. The summed E-state index contributed by atoms with van der Waals surface area (Å²) in [5.41, 5.74) is -2.09. The van der Waals surface area contributed by atoms with Gasteiger partial charge in [0, 0.05) is 13.0 Å². The lowest BCUT2D eigenvalue weighted by molar-refractivity contribution is -0.164. The Morgan fingerprint density at radius 3 is 2.34 bits per heavy atom. The number of anilines is 1. The number of hydrogen-bond donors (Lipinski definition) is 1. The molecule has 1 spiro atoms. The second-order valence-corrected chi connectivity index (χ2v) is 8.75. The molecule has 7 nitrogen and oxygen atoms in total. The summed E-state index contributed by atoms with van der Waals surface area (Å²) >= 11 is 0. The van der Waals surface area contributed by atoms with Gasteiger partial charge in [-0.25, -0.2) is 4.39 Å². The SMILES string of the molecule is N#Cc1ccc(N2CC(=O)N(Cc3ccc(C(F)(F)F)cc3)C3(CC(CC(=O)O)C3)C2=O)c(F)c1. The monoisotopic (exact) mass is 489 g/mol. The van der Waals surface area contributed by atoms with Crippen molar-refractivity contribution in [1.29, 1.82) is 5.26 Å². The van der Waals surface area contributed by atoms with E-state index in [1.54, 1.807) is 6.07 Å². The maximum absolute atomic E-state index is 14.7. The maximum Gasteiger partial charge on any atom is 0.416 e. The topological polar surface area (TPSA) is 102 Å². The molecule has 1 aliphatic heterocycles. The molecule has 2 aromatic carbocycles. The lowest BCUT2D eigenvalue weighted by Gasteiger charge is -2.56. The van der Waals surface area contributed by atoms with E-state index in [2.05, 4.69) is 0 Å². The zero-order valence-electron chi connectivity index (χ0n) is 18.2. The fraction of sp³-hybridized carbons (Fsp3) is 0.333. The first-order chi connectivity index (χ1) is 16.4. The van der Waals surface area contributed by atoms with E-state index in [1.165, 1.54) is 29.2 Å². The van der Waals surface area contributed by atoms with Crippen LogP contribution in [-0.2, 0) is 27.1 Å². The third-order valence-electron chi connectivity index (χ3n) is 6.46. The van der Waals surface area contributed by atoms with Crippen LogP contribution in [0.25, 0.3) is 0 Å². The molecule has 0 aromatic heterocycles. The number of nitriles is 1. The average Bonchev–Trinajstić information content (AvgIpc) is 2.76. The largest absolute Gasteiger partial charge is 0.481 e. The van der Waals surface area contributed by atoms with Crippen molar-refractivity contribution >= 4 is 23.5 Å². The maximum atomic E-state index is 14.7. The molecular formula is C24H19F4N3O4. The van der Waals surface area contributed by atoms with Gasteiger partial charge in [-0.15, -0.1) is 0 Å². The van der Waals surface area contributed by atoms with Crippen LogP contribution in [0.15, 0.2) is 42.5 Å². The number of nitrogens with zero attached hydrogens (tertiary/aromatic N) is 3. The smallest absolute Gasteiger partial charge is 0.416 e. The Morgan fingerprint density at radius 2 is 1.80 bits per heavy atom. The summed E-state index contributed by atoms with van der Waals surface area (Å²) in [5, 5.41) is 18.1. The summed E-state index contributed by atoms with van der Waals surface area (Å²) in [6.07, 6.45) is -4.69. The van der Waals surface area contributed by atoms with Crippen LogP contribution in [0, 0.1) is 23.1 Å². The fourth-order valence-corrected chi connectivity index (χ4v) is 4.79. The number of amides is 2. The molecule has 0 unspecified atom stereocenters. The molecule has 0 radical (unpaired) electrons. The Hall–Kier alpha value is -3.94. The fourth-order valence-electron chi connectivity index (χ4n) is 4.79. The highest BCUT2D eigenvalue weighted by Crippen LogP contribution is 2.48. The lowest BCUT2D eigenvalue weighted by atomic mass is 9.64. The van der Waals surface area contributed by atoms with Crippen LogP contribution in [-0.4, -0.2) is 39.9 Å². The molecule has 4 rings (SSSR count). The van der Waals surface area contributed by atoms with Crippen molar-refractivity contribution in [2.75, 3.05) is 11.4 Å². The molecule has 2 fully saturated rings. The number of carboxylic acids is 1. The van der Waals surface area contributed by atoms with Crippen molar-refractivity contribution in [1.82, 2.24) is 4.90 Å². The van der Waals surface area contributed by atoms with Crippen molar-refractivity contribution in [3.63, 3.8) is 0 Å². The number of benzene rings is 2. The molecule has 0 atom stereocenters. The van der Waals surface area contributed by atoms with Gasteiger partial charge in [0.05, 0.1) is 22.9 Å². The number of carbonyl (C=O) groups is 3. The van der Waals surface area contributed by atoms with E-state index in [1.807, 2.05) is 0 Å². The van der Waals surface area contributed by atoms with E-state index in [9.17, 15) is 31.9 Å². The molecule has 1 heterocycles. The molecule has 1 N–H and O–H groups in total. The molecular weight excluding hydrogens is 470 g/mol. The first kappa shape index (κ1) is 24.2. The highest BCUT2D eigenvalue weighted by molar-refractivity contribution is 6.09. The van der Waals surface area contributed by atoms with Crippen LogP contribution < -0.4 is 4.90 Å².